The molecule has 2 heteroatoms. The molecule has 13 heavy (non-hydrogen) atoms. The highest BCUT2D eigenvalue weighted by atomic mass is 32.2. The van der Waals surface area contributed by atoms with Crippen LogP contribution in [0.5, 0.6) is 0 Å². The first-order chi connectivity index (χ1) is 6.43. The molecule has 1 aliphatic rings. The molecule has 0 spiro atoms. The molecule has 0 amide bonds. The van der Waals surface area contributed by atoms with Gasteiger partial charge in [0, 0.05) is 17.3 Å². The summed E-state index contributed by atoms with van der Waals surface area (Å²) in [5.41, 5.74) is 1.24. The number of rotatable bonds is 1. The third-order valence-corrected chi connectivity index (χ3v) is 3.22. The molecule has 1 fully saturated rings. The molecule has 2 heterocycles. The molecular weight excluding hydrogens is 178 g/mol. The van der Waals surface area contributed by atoms with Crippen LogP contribution in [0.25, 0.3) is 10.8 Å². The van der Waals surface area contributed by atoms with Crippen LogP contribution in [0.2, 0.25) is 0 Å². The minimum atomic E-state index is 0.671. The SMILES string of the molecule is c1ccc2cc(C3CS3)ncc2c1. The van der Waals surface area contributed by atoms with Crippen molar-refractivity contribution in [2.75, 3.05) is 5.75 Å². The first kappa shape index (κ1) is 7.39. The molecule has 0 aliphatic carbocycles. The van der Waals surface area contributed by atoms with Crippen LogP contribution >= 0.6 is 11.8 Å². The summed E-state index contributed by atoms with van der Waals surface area (Å²) in [6.07, 6.45) is 1.98. The fourth-order valence-corrected chi connectivity index (χ4v) is 2.06. The van der Waals surface area contributed by atoms with E-state index in [4.69, 9.17) is 0 Å². The molecule has 0 saturated carbocycles. The molecule has 3 rings (SSSR count). The normalized spacial score (nSPS) is 20.5. The molecule has 2 aromatic rings. The van der Waals surface area contributed by atoms with Crippen LogP contribution in [0, 0.1) is 0 Å². The van der Waals surface area contributed by atoms with Crippen LogP contribution in [-0.4, -0.2) is 10.7 Å². The Hall–Kier alpha value is -1.02. The molecule has 1 nitrogen and oxygen atoms in total. The predicted molar refractivity (Wildman–Crippen MR) is 56.9 cm³/mol. The van der Waals surface area contributed by atoms with Crippen molar-refractivity contribution in [3.05, 3.63) is 42.2 Å². The van der Waals surface area contributed by atoms with Crippen molar-refractivity contribution in [2.45, 2.75) is 5.25 Å². The van der Waals surface area contributed by atoms with Crippen LogP contribution in [-0.2, 0) is 0 Å². The average molecular weight is 187 g/mol. The van der Waals surface area contributed by atoms with Crippen molar-refractivity contribution in [3.63, 3.8) is 0 Å². The van der Waals surface area contributed by atoms with Crippen molar-refractivity contribution in [2.24, 2.45) is 0 Å². The Morgan fingerprint density at radius 1 is 1.23 bits per heavy atom. The summed E-state index contributed by atoms with van der Waals surface area (Å²) in [5.74, 6) is 1.24. The molecule has 1 aliphatic heterocycles. The Morgan fingerprint density at radius 3 is 2.77 bits per heavy atom. The van der Waals surface area contributed by atoms with Crippen LogP contribution in [0.15, 0.2) is 36.5 Å². The zero-order chi connectivity index (χ0) is 8.67. The van der Waals surface area contributed by atoms with Crippen molar-refractivity contribution in [1.82, 2.24) is 4.98 Å². The standard InChI is InChI=1S/C11H9NS/c1-2-4-9-6-12-10(11-7-13-11)5-8(9)3-1/h1-6,11H,7H2. The minimum Gasteiger partial charge on any atom is -0.259 e. The van der Waals surface area contributed by atoms with Crippen LogP contribution in [0.1, 0.15) is 10.9 Å². The molecule has 0 N–H and O–H groups in total. The summed E-state index contributed by atoms with van der Waals surface area (Å²) in [7, 11) is 0. The van der Waals surface area contributed by atoms with E-state index in [2.05, 4.69) is 35.3 Å². The van der Waals surface area contributed by atoms with Gasteiger partial charge in [0.05, 0.1) is 10.9 Å². The molecule has 1 saturated heterocycles. The van der Waals surface area contributed by atoms with E-state index in [1.165, 1.54) is 22.2 Å². The highest BCUT2D eigenvalue weighted by Crippen LogP contribution is 2.45. The topological polar surface area (TPSA) is 12.9 Å². The van der Waals surface area contributed by atoms with E-state index in [0.717, 1.165) is 0 Å². The van der Waals surface area contributed by atoms with Gasteiger partial charge in [0.15, 0.2) is 0 Å². The Bertz CT molecular complexity index is 449. The monoisotopic (exact) mass is 187 g/mol. The molecule has 1 aromatic heterocycles. The maximum Gasteiger partial charge on any atom is 0.0561 e. The van der Waals surface area contributed by atoms with Gasteiger partial charge in [-0.25, -0.2) is 0 Å². The molecule has 64 valence electrons. The van der Waals surface area contributed by atoms with Gasteiger partial charge in [-0.05, 0) is 11.5 Å². The van der Waals surface area contributed by atoms with E-state index >= 15 is 0 Å². The predicted octanol–water partition coefficient (Wildman–Crippen LogP) is 3.02. The fourth-order valence-electron chi connectivity index (χ4n) is 1.50. The van der Waals surface area contributed by atoms with Crippen LogP contribution < -0.4 is 0 Å². The lowest BCUT2D eigenvalue weighted by Crippen LogP contribution is -1.85. The van der Waals surface area contributed by atoms with E-state index in [0.29, 0.717) is 5.25 Å². The van der Waals surface area contributed by atoms with Gasteiger partial charge in [0.25, 0.3) is 0 Å². The summed E-state index contributed by atoms with van der Waals surface area (Å²) >= 11 is 1.97. The molecule has 1 aromatic carbocycles. The van der Waals surface area contributed by atoms with Gasteiger partial charge in [-0.3, -0.25) is 4.98 Å². The Kier molecular flexibility index (Phi) is 1.56. The lowest BCUT2D eigenvalue weighted by Gasteiger charge is -1.99. The van der Waals surface area contributed by atoms with E-state index in [1.807, 2.05) is 18.0 Å². The van der Waals surface area contributed by atoms with Crippen molar-refractivity contribution in [1.29, 1.82) is 0 Å². The fraction of sp³-hybridized carbons (Fsp3) is 0.182. The van der Waals surface area contributed by atoms with Crippen LogP contribution in [0.4, 0.5) is 0 Å². The third-order valence-electron chi connectivity index (χ3n) is 2.32. The number of hydrogen-bond donors (Lipinski definition) is 0. The zero-order valence-electron chi connectivity index (χ0n) is 7.10. The Morgan fingerprint density at radius 2 is 2.00 bits per heavy atom. The Labute approximate surface area is 81.2 Å². The molecule has 0 radical (unpaired) electrons. The largest absolute Gasteiger partial charge is 0.259 e. The van der Waals surface area contributed by atoms with E-state index in [-0.39, 0.29) is 0 Å². The van der Waals surface area contributed by atoms with E-state index in [9.17, 15) is 0 Å². The van der Waals surface area contributed by atoms with Gasteiger partial charge < -0.3 is 0 Å². The van der Waals surface area contributed by atoms with Crippen molar-refractivity contribution >= 4 is 22.5 Å². The lowest BCUT2D eigenvalue weighted by atomic mass is 10.1. The number of benzene rings is 1. The number of nitrogens with zero attached hydrogens (tertiary/aromatic N) is 1. The number of hydrogen-bond acceptors (Lipinski definition) is 2. The van der Waals surface area contributed by atoms with Crippen LogP contribution in [0.3, 0.4) is 0 Å². The smallest absolute Gasteiger partial charge is 0.0561 e. The van der Waals surface area contributed by atoms with Gasteiger partial charge >= 0.3 is 0 Å². The second kappa shape index (κ2) is 2.74. The number of fused-ring (bicyclic) bond motifs is 1. The van der Waals surface area contributed by atoms with Crippen molar-refractivity contribution < 1.29 is 0 Å². The highest BCUT2D eigenvalue weighted by molar-refractivity contribution is 8.06. The van der Waals surface area contributed by atoms with Gasteiger partial charge in [0.1, 0.15) is 0 Å². The summed E-state index contributed by atoms with van der Waals surface area (Å²) in [6, 6.07) is 10.6. The van der Waals surface area contributed by atoms with Crippen molar-refractivity contribution in [3.8, 4) is 0 Å². The summed E-state index contributed by atoms with van der Waals surface area (Å²) in [5, 5.41) is 3.21. The van der Waals surface area contributed by atoms with Gasteiger partial charge in [-0.2, -0.15) is 0 Å². The molecular formula is C11H9NS. The Balaban J connectivity index is 2.21. The maximum absolute atomic E-state index is 4.45. The number of aromatic nitrogens is 1. The summed E-state index contributed by atoms with van der Waals surface area (Å²) in [6.45, 7) is 0. The van der Waals surface area contributed by atoms with E-state index in [1.54, 1.807) is 0 Å². The highest BCUT2D eigenvalue weighted by Gasteiger charge is 2.25. The minimum absolute atomic E-state index is 0.671. The van der Waals surface area contributed by atoms with E-state index < -0.39 is 0 Å². The first-order valence-electron chi connectivity index (χ1n) is 4.40. The van der Waals surface area contributed by atoms with Gasteiger partial charge in [-0.15, -0.1) is 11.8 Å². The average Bonchev–Trinajstić information content (AvgIpc) is 3.00. The van der Waals surface area contributed by atoms with Gasteiger partial charge in [-0.1, -0.05) is 24.3 Å². The molecule has 0 bridgehead atoms. The third kappa shape index (κ3) is 1.31. The summed E-state index contributed by atoms with van der Waals surface area (Å²) < 4.78 is 0. The first-order valence-corrected chi connectivity index (χ1v) is 5.45. The molecule has 1 atom stereocenters. The second-order valence-electron chi connectivity index (χ2n) is 3.28. The number of thioether (sulfide) groups is 1. The lowest BCUT2D eigenvalue weighted by molar-refractivity contribution is 1.10. The summed E-state index contributed by atoms with van der Waals surface area (Å²) in [4.78, 5) is 4.45. The zero-order valence-corrected chi connectivity index (χ0v) is 7.92. The second-order valence-corrected chi connectivity index (χ2v) is 4.51. The quantitative estimate of drug-likeness (QED) is 0.636. The van der Waals surface area contributed by atoms with Gasteiger partial charge in [0.2, 0.25) is 0 Å². The number of pyridine rings is 1. The maximum atomic E-state index is 4.45. The molecule has 1 unspecified atom stereocenters.